The zero-order valence-corrected chi connectivity index (χ0v) is 6.78. The maximum absolute atomic E-state index is 10.3. The van der Waals surface area contributed by atoms with Gasteiger partial charge in [0.2, 0.25) is 0 Å². The van der Waals surface area contributed by atoms with Crippen molar-refractivity contribution in [3.8, 4) is 0 Å². The highest BCUT2D eigenvalue weighted by Gasteiger charge is 2.43. The van der Waals surface area contributed by atoms with Gasteiger partial charge in [0.25, 0.3) is 0 Å². The number of hydrogen-bond donors (Lipinski definition) is 4. The molecule has 6 nitrogen and oxygen atoms in total. The third-order valence-electron chi connectivity index (χ3n) is 2.06. The number of carbonyl (C=O) groups excluding carboxylic acids is 1. The number of aliphatic hydroxyl groups is 4. The van der Waals surface area contributed by atoms with Crippen LogP contribution in [0.5, 0.6) is 0 Å². The van der Waals surface area contributed by atoms with Gasteiger partial charge in [-0.1, -0.05) is 0 Å². The Morgan fingerprint density at radius 3 is 2.23 bits per heavy atom. The molecule has 1 heterocycles. The molecule has 1 saturated heterocycles. The molecule has 1 aliphatic heterocycles. The zero-order valence-electron chi connectivity index (χ0n) is 6.78. The monoisotopic (exact) mass is 192 g/mol. The lowest BCUT2D eigenvalue weighted by Gasteiger charge is -2.37. The lowest BCUT2D eigenvalue weighted by atomic mass is 9.96. The van der Waals surface area contributed by atoms with E-state index in [4.69, 9.17) is 9.84 Å². The van der Waals surface area contributed by atoms with Gasteiger partial charge in [-0.2, -0.15) is 0 Å². The predicted molar refractivity (Wildman–Crippen MR) is 39.8 cm³/mol. The first-order valence-corrected chi connectivity index (χ1v) is 3.87. The summed E-state index contributed by atoms with van der Waals surface area (Å²) >= 11 is 0. The standard InChI is InChI=1S/C7H12O6/c8-1-3-5(10)7(12)6(11)4(2-9)13-3/h1,3-7,9-12H,2H2. The highest BCUT2D eigenvalue weighted by Crippen LogP contribution is 2.19. The van der Waals surface area contributed by atoms with E-state index in [0.717, 1.165) is 0 Å². The molecule has 4 N–H and O–H groups in total. The number of rotatable bonds is 2. The summed E-state index contributed by atoms with van der Waals surface area (Å²) in [6.07, 6.45) is -6.21. The molecule has 76 valence electrons. The van der Waals surface area contributed by atoms with Crippen LogP contribution in [0.1, 0.15) is 0 Å². The molecular formula is C7H12O6. The molecule has 5 atom stereocenters. The fourth-order valence-electron chi connectivity index (χ4n) is 1.24. The molecule has 0 bridgehead atoms. The van der Waals surface area contributed by atoms with Crippen molar-refractivity contribution in [3.05, 3.63) is 0 Å². The summed E-state index contributed by atoms with van der Waals surface area (Å²) in [6.45, 7) is -0.519. The lowest BCUT2D eigenvalue weighted by Crippen LogP contribution is -2.58. The Labute approximate surface area is 74.4 Å². The highest BCUT2D eigenvalue weighted by atomic mass is 16.5. The molecule has 0 aliphatic carbocycles. The summed E-state index contributed by atoms with van der Waals surface area (Å²) in [5.41, 5.74) is 0. The van der Waals surface area contributed by atoms with Crippen LogP contribution in [0, 0.1) is 0 Å². The van der Waals surface area contributed by atoms with Crippen LogP contribution in [0.15, 0.2) is 0 Å². The van der Waals surface area contributed by atoms with Crippen LogP contribution in [0.4, 0.5) is 0 Å². The molecular weight excluding hydrogens is 180 g/mol. The molecule has 0 saturated carbocycles. The normalized spacial score (nSPS) is 46.0. The fourth-order valence-corrected chi connectivity index (χ4v) is 1.24. The minimum Gasteiger partial charge on any atom is -0.394 e. The van der Waals surface area contributed by atoms with Gasteiger partial charge >= 0.3 is 0 Å². The minimum absolute atomic E-state index is 0.322. The van der Waals surface area contributed by atoms with Crippen molar-refractivity contribution in [2.45, 2.75) is 30.5 Å². The van der Waals surface area contributed by atoms with Crippen molar-refractivity contribution in [2.75, 3.05) is 6.61 Å². The molecule has 1 aliphatic rings. The summed E-state index contributed by atoms with van der Waals surface area (Å²) < 4.78 is 4.80. The van der Waals surface area contributed by atoms with Gasteiger partial charge in [-0.15, -0.1) is 0 Å². The van der Waals surface area contributed by atoms with Crippen LogP contribution < -0.4 is 0 Å². The van der Waals surface area contributed by atoms with Crippen molar-refractivity contribution < 1.29 is 30.0 Å². The van der Waals surface area contributed by atoms with Crippen molar-refractivity contribution in [1.82, 2.24) is 0 Å². The molecule has 0 aromatic rings. The van der Waals surface area contributed by atoms with E-state index in [0.29, 0.717) is 6.29 Å². The molecule has 0 spiro atoms. The fraction of sp³-hybridized carbons (Fsp3) is 0.857. The highest BCUT2D eigenvalue weighted by molar-refractivity contribution is 5.57. The van der Waals surface area contributed by atoms with Crippen molar-refractivity contribution in [3.63, 3.8) is 0 Å². The van der Waals surface area contributed by atoms with Crippen molar-refractivity contribution in [2.24, 2.45) is 0 Å². The second-order valence-electron chi connectivity index (χ2n) is 2.93. The van der Waals surface area contributed by atoms with E-state index in [1.807, 2.05) is 0 Å². The van der Waals surface area contributed by atoms with E-state index in [1.54, 1.807) is 0 Å². The van der Waals surface area contributed by atoms with Gasteiger partial charge in [-0.25, -0.2) is 0 Å². The average Bonchev–Trinajstić information content (AvgIpc) is 2.15. The third-order valence-corrected chi connectivity index (χ3v) is 2.06. The molecule has 13 heavy (non-hydrogen) atoms. The number of aldehydes is 1. The molecule has 0 aromatic heterocycles. The minimum atomic E-state index is -1.47. The van der Waals surface area contributed by atoms with Gasteiger partial charge in [-0.3, -0.25) is 0 Å². The number of ether oxygens (including phenoxy) is 1. The first kappa shape index (κ1) is 10.6. The average molecular weight is 192 g/mol. The van der Waals surface area contributed by atoms with E-state index in [2.05, 4.69) is 0 Å². The summed E-state index contributed by atoms with van der Waals surface area (Å²) in [6, 6.07) is 0. The molecule has 0 radical (unpaired) electrons. The quantitative estimate of drug-likeness (QED) is 0.348. The van der Waals surface area contributed by atoms with Crippen LogP contribution in [0.3, 0.4) is 0 Å². The lowest BCUT2D eigenvalue weighted by molar-refractivity contribution is -0.221. The number of carbonyl (C=O) groups is 1. The van der Waals surface area contributed by atoms with Gasteiger partial charge < -0.3 is 30.0 Å². The maximum atomic E-state index is 10.3. The Balaban J connectivity index is 2.71. The summed E-state index contributed by atoms with van der Waals surface area (Å²) in [5, 5.41) is 36.3. The first-order valence-electron chi connectivity index (χ1n) is 3.87. The van der Waals surface area contributed by atoms with Crippen LogP contribution in [-0.2, 0) is 9.53 Å². The topological polar surface area (TPSA) is 107 Å². The van der Waals surface area contributed by atoms with Gasteiger partial charge in [0.15, 0.2) is 6.29 Å². The van der Waals surface area contributed by atoms with E-state index in [9.17, 15) is 20.1 Å². The SMILES string of the molecule is O=CC1OC(CO)C(O)C(O)C1O. The largest absolute Gasteiger partial charge is 0.394 e. The third kappa shape index (κ3) is 1.87. The Hall–Kier alpha value is -0.530. The molecule has 1 fully saturated rings. The van der Waals surface area contributed by atoms with E-state index < -0.39 is 37.1 Å². The Morgan fingerprint density at radius 1 is 1.15 bits per heavy atom. The smallest absolute Gasteiger partial charge is 0.151 e. The van der Waals surface area contributed by atoms with Gasteiger partial charge in [0.05, 0.1) is 6.61 Å². The Kier molecular flexibility index (Phi) is 3.34. The molecule has 6 heteroatoms. The first-order chi connectivity index (χ1) is 6.11. The van der Waals surface area contributed by atoms with Crippen LogP contribution in [0.2, 0.25) is 0 Å². The number of hydrogen-bond acceptors (Lipinski definition) is 6. The van der Waals surface area contributed by atoms with Crippen molar-refractivity contribution in [1.29, 1.82) is 0 Å². The molecule has 0 amide bonds. The number of aliphatic hydroxyl groups excluding tert-OH is 4. The Bertz CT molecular complexity index is 182. The van der Waals surface area contributed by atoms with E-state index in [1.165, 1.54) is 0 Å². The van der Waals surface area contributed by atoms with Gasteiger partial charge in [-0.05, 0) is 0 Å². The summed E-state index contributed by atoms with van der Waals surface area (Å²) in [5.74, 6) is 0. The predicted octanol–water partition coefficient (Wildman–Crippen LogP) is -2.97. The maximum Gasteiger partial charge on any atom is 0.151 e. The second kappa shape index (κ2) is 4.12. The van der Waals surface area contributed by atoms with Gasteiger partial charge in [0.1, 0.15) is 30.5 Å². The van der Waals surface area contributed by atoms with E-state index in [-0.39, 0.29) is 0 Å². The molecule has 1 rings (SSSR count). The summed E-state index contributed by atoms with van der Waals surface area (Å²) in [7, 11) is 0. The Morgan fingerprint density at radius 2 is 1.77 bits per heavy atom. The summed E-state index contributed by atoms with van der Waals surface area (Å²) in [4.78, 5) is 10.3. The second-order valence-corrected chi connectivity index (χ2v) is 2.93. The van der Waals surface area contributed by atoms with Crippen LogP contribution >= 0.6 is 0 Å². The van der Waals surface area contributed by atoms with Crippen LogP contribution in [-0.4, -0.2) is 63.8 Å². The van der Waals surface area contributed by atoms with Crippen LogP contribution in [0.25, 0.3) is 0 Å². The molecule has 5 unspecified atom stereocenters. The van der Waals surface area contributed by atoms with Gasteiger partial charge in [0, 0.05) is 0 Å². The van der Waals surface area contributed by atoms with Crippen molar-refractivity contribution >= 4 is 6.29 Å². The molecule has 0 aromatic carbocycles. The zero-order chi connectivity index (χ0) is 10.0. The van der Waals surface area contributed by atoms with E-state index >= 15 is 0 Å².